The van der Waals surface area contributed by atoms with E-state index >= 15 is 0 Å². The number of para-hydroxylation sites is 2. The SMILES string of the molecule is Fc1c(Br)cccc1-n1c2ccccc2c2ccccc21. The van der Waals surface area contributed by atoms with E-state index in [2.05, 4.69) is 28.1 Å². The molecule has 0 aliphatic heterocycles. The van der Waals surface area contributed by atoms with Gasteiger partial charge >= 0.3 is 0 Å². The molecule has 0 bridgehead atoms. The molecule has 0 aliphatic rings. The van der Waals surface area contributed by atoms with E-state index in [9.17, 15) is 4.39 Å². The Morgan fingerprint density at radius 2 is 1.29 bits per heavy atom. The van der Waals surface area contributed by atoms with Gasteiger partial charge in [-0.15, -0.1) is 0 Å². The van der Waals surface area contributed by atoms with Gasteiger partial charge in [0.25, 0.3) is 0 Å². The minimum absolute atomic E-state index is 0.246. The quantitative estimate of drug-likeness (QED) is 0.420. The van der Waals surface area contributed by atoms with Crippen molar-refractivity contribution in [2.45, 2.75) is 0 Å². The van der Waals surface area contributed by atoms with E-state index in [0.29, 0.717) is 10.2 Å². The van der Waals surface area contributed by atoms with Gasteiger partial charge in [-0.3, -0.25) is 0 Å². The number of fused-ring (bicyclic) bond motifs is 3. The highest BCUT2D eigenvalue weighted by Gasteiger charge is 2.15. The van der Waals surface area contributed by atoms with Crippen LogP contribution in [-0.2, 0) is 0 Å². The summed E-state index contributed by atoms with van der Waals surface area (Å²) < 4.78 is 17.0. The monoisotopic (exact) mass is 339 g/mol. The second-order valence-corrected chi connectivity index (χ2v) is 5.80. The zero-order valence-corrected chi connectivity index (χ0v) is 12.6. The molecular weight excluding hydrogens is 329 g/mol. The fraction of sp³-hybridized carbons (Fsp3) is 0. The average molecular weight is 340 g/mol. The first-order chi connectivity index (χ1) is 10.3. The molecule has 0 atom stereocenters. The molecule has 4 rings (SSSR count). The fourth-order valence-electron chi connectivity index (χ4n) is 2.85. The summed E-state index contributed by atoms with van der Waals surface area (Å²) in [5.41, 5.74) is 2.58. The summed E-state index contributed by atoms with van der Waals surface area (Å²) in [6.07, 6.45) is 0. The van der Waals surface area contributed by atoms with Crippen LogP contribution in [0, 0.1) is 5.82 Å². The number of nitrogens with zero attached hydrogens (tertiary/aromatic N) is 1. The Morgan fingerprint density at radius 1 is 0.714 bits per heavy atom. The molecule has 1 heterocycles. The van der Waals surface area contributed by atoms with Crippen LogP contribution in [0.2, 0.25) is 0 Å². The Kier molecular flexibility index (Phi) is 2.82. The molecule has 1 nitrogen and oxygen atoms in total. The molecule has 0 fully saturated rings. The van der Waals surface area contributed by atoms with Crippen molar-refractivity contribution in [3.63, 3.8) is 0 Å². The molecule has 0 saturated heterocycles. The summed E-state index contributed by atoms with van der Waals surface area (Å²) in [4.78, 5) is 0. The summed E-state index contributed by atoms with van der Waals surface area (Å²) in [6, 6.07) is 21.5. The van der Waals surface area contributed by atoms with E-state index in [0.717, 1.165) is 21.8 Å². The summed E-state index contributed by atoms with van der Waals surface area (Å²) in [5, 5.41) is 2.26. The molecule has 0 spiro atoms. The number of aromatic nitrogens is 1. The van der Waals surface area contributed by atoms with Gasteiger partial charge in [0.2, 0.25) is 0 Å². The van der Waals surface area contributed by atoms with Crippen LogP contribution in [0.5, 0.6) is 0 Å². The van der Waals surface area contributed by atoms with Crippen molar-refractivity contribution in [1.29, 1.82) is 0 Å². The molecule has 102 valence electrons. The van der Waals surface area contributed by atoms with Crippen LogP contribution in [0.25, 0.3) is 27.5 Å². The van der Waals surface area contributed by atoms with Crippen molar-refractivity contribution < 1.29 is 4.39 Å². The zero-order valence-electron chi connectivity index (χ0n) is 11.1. The highest BCUT2D eigenvalue weighted by molar-refractivity contribution is 9.10. The second kappa shape index (κ2) is 4.71. The Balaban J connectivity index is 2.23. The van der Waals surface area contributed by atoms with Crippen molar-refractivity contribution in [3.05, 3.63) is 77.0 Å². The molecule has 1 aromatic heterocycles. The van der Waals surface area contributed by atoms with E-state index < -0.39 is 0 Å². The third-order valence-corrected chi connectivity index (χ3v) is 4.36. The van der Waals surface area contributed by atoms with Crippen LogP contribution in [0.1, 0.15) is 0 Å². The molecule has 3 heteroatoms. The standard InChI is InChI=1S/C18H11BrFN/c19-14-8-5-11-17(18(14)20)21-15-9-3-1-6-12(15)13-7-2-4-10-16(13)21/h1-11H. The minimum Gasteiger partial charge on any atom is -0.306 e. The Hall–Kier alpha value is -2.13. The first-order valence-corrected chi connectivity index (χ1v) is 7.49. The van der Waals surface area contributed by atoms with Crippen LogP contribution < -0.4 is 0 Å². The summed E-state index contributed by atoms with van der Waals surface area (Å²) >= 11 is 3.27. The van der Waals surface area contributed by atoms with Crippen LogP contribution in [0.15, 0.2) is 71.2 Å². The van der Waals surface area contributed by atoms with Gasteiger partial charge in [0, 0.05) is 10.8 Å². The van der Waals surface area contributed by atoms with Crippen molar-refractivity contribution in [1.82, 2.24) is 4.57 Å². The first kappa shape index (κ1) is 12.6. The molecule has 0 radical (unpaired) electrons. The number of halogens is 2. The van der Waals surface area contributed by atoms with Gasteiger partial charge in [-0.1, -0.05) is 42.5 Å². The van der Waals surface area contributed by atoms with Gasteiger partial charge < -0.3 is 4.57 Å². The minimum atomic E-state index is -0.246. The topological polar surface area (TPSA) is 4.93 Å². The summed E-state index contributed by atoms with van der Waals surface area (Å²) in [5.74, 6) is -0.246. The van der Waals surface area contributed by atoms with Crippen molar-refractivity contribution in [2.24, 2.45) is 0 Å². The molecule has 21 heavy (non-hydrogen) atoms. The Labute approximate surface area is 129 Å². The zero-order chi connectivity index (χ0) is 14.4. The number of benzene rings is 3. The van der Waals surface area contributed by atoms with E-state index in [1.807, 2.05) is 47.0 Å². The number of hydrogen-bond donors (Lipinski definition) is 0. The van der Waals surface area contributed by atoms with E-state index in [-0.39, 0.29) is 5.82 Å². The smallest absolute Gasteiger partial charge is 0.161 e. The van der Waals surface area contributed by atoms with Gasteiger partial charge in [-0.25, -0.2) is 4.39 Å². The van der Waals surface area contributed by atoms with Gasteiger partial charge in [0.15, 0.2) is 5.82 Å². The van der Waals surface area contributed by atoms with Gasteiger partial charge in [0.1, 0.15) is 0 Å². The van der Waals surface area contributed by atoms with Crippen LogP contribution in [0.3, 0.4) is 0 Å². The summed E-state index contributed by atoms with van der Waals surface area (Å²) in [6.45, 7) is 0. The fourth-order valence-corrected chi connectivity index (χ4v) is 3.20. The lowest BCUT2D eigenvalue weighted by atomic mass is 10.2. The number of hydrogen-bond acceptors (Lipinski definition) is 0. The van der Waals surface area contributed by atoms with Gasteiger partial charge in [-0.05, 0) is 40.2 Å². The molecular formula is C18H11BrFN. The maximum absolute atomic E-state index is 14.6. The molecule has 0 amide bonds. The molecule has 0 N–H and O–H groups in total. The average Bonchev–Trinajstić information content (AvgIpc) is 2.85. The maximum atomic E-state index is 14.6. The van der Waals surface area contributed by atoms with Crippen LogP contribution in [0.4, 0.5) is 4.39 Å². The van der Waals surface area contributed by atoms with Crippen LogP contribution >= 0.6 is 15.9 Å². The van der Waals surface area contributed by atoms with E-state index in [1.165, 1.54) is 0 Å². The third-order valence-electron chi connectivity index (χ3n) is 3.75. The van der Waals surface area contributed by atoms with Gasteiger partial charge in [-0.2, -0.15) is 0 Å². The predicted octanol–water partition coefficient (Wildman–Crippen LogP) is 5.69. The first-order valence-electron chi connectivity index (χ1n) is 6.70. The Morgan fingerprint density at radius 3 is 1.90 bits per heavy atom. The summed E-state index contributed by atoms with van der Waals surface area (Å²) in [7, 11) is 0. The molecule has 4 aromatic rings. The molecule has 0 aliphatic carbocycles. The number of rotatable bonds is 1. The normalized spacial score (nSPS) is 11.3. The maximum Gasteiger partial charge on any atom is 0.161 e. The van der Waals surface area contributed by atoms with Crippen LogP contribution in [-0.4, -0.2) is 4.57 Å². The third kappa shape index (κ3) is 1.81. The highest BCUT2D eigenvalue weighted by Crippen LogP contribution is 2.33. The van der Waals surface area contributed by atoms with Crippen molar-refractivity contribution in [3.8, 4) is 5.69 Å². The molecule has 3 aromatic carbocycles. The Bertz CT molecular complexity index is 918. The predicted molar refractivity (Wildman–Crippen MR) is 88.4 cm³/mol. The largest absolute Gasteiger partial charge is 0.306 e. The second-order valence-electron chi connectivity index (χ2n) is 4.94. The molecule has 0 saturated carbocycles. The lowest BCUT2D eigenvalue weighted by Crippen LogP contribution is -1.97. The van der Waals surface area contributed by atoms with E-state index in [4.69, 9.17) is 0 Å². The highest BCUT2D eigenvalue weighted by atomic mass is 79.9. The van der Waals surface area contributed by atoms with Crippen molar-refractivity contribution in [2.75, 3.05) is 0 Å². The van der Waals surface area contributed by atoms with E-state index in [1.54, 1.807) is 12.1 Å². The van der Waals surface area contributed by atoms with Crippen molar-refractivity contribution >= 4 is 37.7 Å². The lowest BCUT2D eigenvalue weighted by Gasteiger charge is -2.09. The molecule has 0 unspecified atom stereocenters. The lowest BCUT2D eigenvalue weighted by molar-refractivity contribution is 0.614. The van der Waals surface area contributed by atoms with Gasteiger partial charge in [0.05, 0.1) is 21.2 Å².